The lowest BCUT2D eigenvalue weighted by Crippen LogP contribution is -2.28. The zero-order valence-electron chi connectivity index (χ0n) is 10.2. The van der Waals surface area contributed by atoms with Crippen LogP contribution in [0.15, 0.2) is 22.6 Å². The highest BCUT2D eigenvalue weighted by molar-refractivity contribution is 5.81. The monoisotopic (exact) mass is 303 g/mol. The SMILES string of the molecule is NCc1nnc(-c2cccc(O)c2OC(=O)C(F)(F)F)o1. The lowest BCUT2D eigenvalue weighted by atomic mass is 10.2. The van der Waals surface area contributed by atoms with Gasteiger partial charge in [-0.3, -0.25) is 0 Å². The maximum atomic E-state index is 12.2. The number of aromatic hydroxyl groups is 1. The average Bonchev–Trinajstić information content (AvgIpc) is 2.88. The van der Waals surface area contributed by atoms with E-state index in [0.29, 0.717) is 0 Å². The van der Waals surface area contributed by atoms with Gasteiger partial charge in [0.05, 0.1) is 12.1 Å². The highest BCUT2D eigenvalue weighted by Gasteiger charge is 2.42. The summed E-state index contributed by atoms with van der Waals surface area (Å²) in [5, 5.41) is 16.6. The van der Waals surface area contributed by atoms with Crippen molar-refractivity contribution >= 4 is 5.97 Å². The minimum absolute atomic E-state index is 0.0291. The molecule has 1 heterocycles. The number of hydrogen-bond acceptors (Lipinski definition) is 7. The molecule has 0 atom stereocenters. The molecule has 0 fully saturated rings. The van der Waals surface area contributed by atoms with Gasteiger partial charge in [-0.15, -0.1) is 10.2 Å². The van der Waals surface area contributed by atoms with Crippen molar-refractivity contribution in [2.75, 3.05) is 0 Å². The van der Waals surface area contributed by atoms with Crippen LogP contribution in [-0.4, -0.2) is 27.4 Å². The molecule has 7 nitrogen and oxygen atoms in total. The van der Waals surface area contributed by atoms with Crippen molar-refractivity contribution in [2.45, 2.75) is 12.7 Å². The number of benzene rings is 1. The van der Waals surface area contributed by atoms with Crippen molar-refractivity contribution in [2.24, 2.45) is 5.73 Å². The third kappa shape index (κ3) is 3.11. The zero-order valence-corrected chi connectivity index (χ0v) is 10.2. The molecule has 0 spiro atoms. The van der Waals surface area contributed by atoms with Crippen LogP contribution in [0.1, 0.15) is 5.89 Å². The largest absolute Gasteiger partial charge is 0.504 e. The molecule has 3 N–H and O–H groups in total. The van der Waals surface area contributed by atoms with Gasteiger partial charge in [-0.05, 0) is 12.1 Å². The fraction of sp³-hybridized carbons (Fsp3) is 0.182. The number of ether oxygens (including phenoxy) is 1. The van der Waals surface area contributed by atoms with E-state index in [1.54, 1.807) is 0 Å². The van der Waals surface area contributed by atoms with Crippen molar-refractivity contribution in [1.82, 2.24) is 10.2 Å². The van der Waals surface area contributed by atoms with Crippen LogP contribution in [0.5, 0.6) is 11.5 Å². The smallest absolute Gasteiger partial charge is 0.491 e. The first-order valence-electron chi connectivity index (χ1n) is 5.46. The van der Waals surface area contributed by atoms with Gasteiger partial charge in [-0.1, -0.05) is 6.07 Å². The van der Waals surface area contributed by atoms with Gasteiger partial charge in [0.25, 0.3) is 5.89 Å². The number of esters is 1. The molecule has 0 aliphatic rings. The van der Waals surface area contributed by atoms with Crippen molar-refractivity contribution in [3.8, 4) is 23.0 Å². The third-order valence-electron chi connectivity index (χ3n) is 2.29. The Hall–Kier alpha value is -2.62. The van der Waals surface area contributed by atoms with Crippen molar-refractivity contribution in [3.63, 3.8) is 0 Å². The Bertz CT molecular complexity index is 669. The number of hydrogen-bond donors (Lipinski definition) is 2. The predicted molar refractivity (Wildman–Crippen MR) is 61.0 cm³/mol. The van der Waals surface area contributed by atoms with E-state index in [-0.39, 0.29) is 23.9 Å². The van der Waals surface area contributed by atoms with E-state index in [1.165, 1.54) is 12.1 Å². The Morgan fingerprint density at radius 1 is 1.38 bits per heavy atom. The predicted octanol–water partition coefficient (Wildman–Crippen LogP) is 1.37. The summed E-state index contributed by atoms with van der Waals surface area (Å²) < 4.78 is 45.9. The highest BCUT2D eigenvalue weighted by atomic mass is 19.4. The molecule has 0 aliphatic carbocycles. The van der Waals surface area contributed by atoms with Gasteiger partial charge in [0.1, 0.15) is 0 Å². The van der Waals surface area contributed by atoms with Crippen LogP contribution in [0, 0.1) is 0 Å². The van der Waals surface area contributed by atoms with Gasteiger partial charge in [-0.2, -0.15) is 13.2 Å². The van der Waals surface area contributed by atoms with E-state index in [1.807, 2.05) is 0 Å². The van der Waals surface area contributed by atoms with E-state index in [2.05, 4.69) is 14.9 Å². The minimum atomic E-state index is -5.21. The van der Waals surface area contributed by atoms with Crippen LogP contribution >= 0.6 is 0 Å². The first-order chi connectivity index (χ1) is 9.82. The second kappa shape index (κ2) is 5.40. The molecule has 0 radical (unpaired) electrons. The normalized spacial score (nSPS) is 11.4. The number of rotatable bonds is 3. The second-order valence-electron chi connectivity index (χ2n) is 3.75. The molecule has 0 saturated heterocycles. The van der Waals surface area contributed by atoms with Crippen molar-refractivity contribution in [3.05, 3.63) is 24.1 Å². The third-order valence-corrected chi connectivity index (χ3v) is 2.29. The molecular formula is C11H8F3N3O4. The highest BCUT2D eigenvalue weighted by Crippen LogP contribution is 2.37. The Morgan fingerprint density at radius 2 is 2.10 bits per heavy atom. The number of para-hydroxylation sites is 1. The zero-order chi connectivity index (χ0) is 15.6. The number of nitrogens with two attached hydrogens (primary N) is 1. The van der Waals surface area contributed by atoms with E-state index < -0.39 is 23.6 Å². The average molecular weight is 303 g/mol. The van der Waals surface area contributed by atoms with Gasteiger partial charge in [0.15, 0.2) is 11.5 Å². The first kappa shape index (κ1) is 14.8. The molecule has 0 aliphatic heterocycles. The summed E-state index contributed by atoms with van der Waals surface area (Å²) in [5.41, 5.74) is 5.10. The Kier molecular flexibility index (Phi) is 3.80. The molecule has 21 heavy (non-hydrogen) atoms. The number of phenols is 1. The van der Waals surface area contributed by atoms with Crippen LogP contribution in [0.4, 0.5) is 13.2 Å². The van der Waals surface area contributed by atoms with Crippen LogP contribution in [-0.2, 0) is 11.3 Å². The van der Waals surface area contributed by atoms with E-state index in [4.69, 9.17) is 10.2 Å². The fourth-order valence-corrected chi connectivity index (χ4v) is 1.40. The number of carbonyl (C=O) groups is 1. The Balaban J connectivity index is 2.43. The first-order valence-corrected chi connectivity index (χ1v) is 5.46. The number of alkyl halides is 3. The molecule has 0 amide bonds. The molecule has 0 unspecified atom stereocenters. The maximum Gasteiger partial charge on any atom is 0.491 e. The van der Waals surface area contributed by atoms with E-state index >= 15 is 0 Å². The quantitative estimate of drug-likeness (QED) is 0.650. The van der Waals surface area contributed by atoms with Crippen LogP contribution in [0.2, 0.25) is 0 Å². The molecular weight excluding hydrogens is 295 g/mol. The van der Waals surface area contributed by atoms with Gasteiger partial charge >= 0.3 is 12.1 Å². The van der Waals surface area contributed by atoms with Crippen LogP contribution in [0.3, 0.4) is 0 Å². The summed E-state index contributed by atoms with van der Waals surface area (Å²) in [6.07, 6.45) is -5.21. The molecule has 1 aromatic heterocycles. The van der Waals surface area contributed by atoms with Gasteiger partial charge < -0.3 is 20.0 Å². The van der Waals surface area contributed by atoms with Gasteiger partial charge in [0.2, 0.25) is 5.89 Å². The minimum Gasteiger partial charge on any atom is -0.504 e. The molecule has 2 aromatic rings. The van der Waals surface area contributed by atoms with E-state index in [0.717, 1.165) is 6.07 Å². The maximum absolute atomic E-state index is 12.2. The molecule has 10 heteroatoms. The molecule has 2 rings (SSSR count). The summed E-state index contributed by atoms with van der Waals surface area (Å²) in [7, 11) is 0. The Morgan fingerprint density at radius 3 is 2.67 bits per heavy atom. The summed E-state index contributed by atoms with van der Waals surface area (Å²) in [6.45, 7) is -0.0799. The molecule has 1 aromatic carbocycles. The topological polar surface area (TPSA) is 111 Å². The molecule has 0 bridgehead atoms. The lowest BCUT2D eigenvalue weighted by molar-refractivity contribution is -0.189. The number of carbonyl (C=O) groups excluding carboxylic acids is 1. The molecule has 112 valence electrons. The summed E-state index contributed by atoms with van der Waals surface area (Å²) in [5.74, 6) is -4.11. The summed E-state index contributed by atoms with van der Waals surface area (Å²) in [4.78, 5) is 10.9. The van der Waals surface area contributed by atoms with Gasteiger partial charge in [0, 0.05) is 0 Å². The molecule has 0 saturated carbocycles. The standard InChI is InChI=1S/C11H8F3N3O4/c12-11(13,14)10(19)21-8-5(2-1-3-6(8)18)9-17-16-7(4-15)20-9/h1-3,18H,4,15H2. The van der Waals surface area contributed by atoms with Gasteiger partial charge in [-0.25, -0.2) is 4.79 Å². The summed E-state index contributed by atoms with van der Waals surface area (Å²) >= 11 is 0. The number of phenolic OH excluding ortho intramolecular Hbond substituents is 1. The van der Waals surface area contributed by atoms with Crippen LogP contribution in [0.25, 0.3) is 11.5 Å². The lowest BCUT2D eigenvalue weighted by Gasteiger charge is -2.10. The summed E-state index contributed by atoms with van der Waals surface area (Å²) in [6, 6.07) is 3.59. The number of halogens is 3. The van der Waals surface area contributed by atoms with Crippen molar-refractivity contribution < 1.29 is 32.2 Å². The number of nitrogens with zero attached hydrogens (tertiary/aromatic N) is 2. The van der Waals surface area contributed by atoms with Crippen LogP contribution < -0.4 is 10.5 Å². The van der Waals surface area contributed by atoms with Crippen molar-refractivity contribution in [1.29, 1.82) is 0 Å². The second-order valence-corrected chi connectivity index (χ2v) is 3.75. The Labute approximate surface area is 115 Å². The number of aromatic nitrogens is 2. The fourth-order valence-electron chi connectivity index (χ4n) is 1.40. The van der Waals surface area contributed by atoms with E-state index in [9.17, 15) is 23.1 Å².